The SMILES string of the molecule is O=C(O)CNC(=O)C1C(=O)c2ccc(Oc3ccc4c(c3)C(=O)C(C(=O)NCC(=O)O)C4=O)cc2C1=O. The number of carboxylic acid groups (broad SMARTS) is 2. The van der Waals surface area contributed by atoms with Crippen LogP contribution >= 0.6 is 0 Å². The lowest BCUT2D eigenvalue weighted by Gasteiger charge is -2.08. The summed E-state index contributed by atoms with van der Waals surface area (Å²) in [6.45, 7) is -1.52. The molecule has 0 radical (unpaired) electrons. The highest BCUT2D eigenvalue weighted by Gasteiger charge is 2.45. The molecule has 0 fully saturated rings. The van der Waals surface area contributed by atoms with E-state index in [1.54, 1.807) is 0 Å². The Bertz CT molecular complexity index is 1330. The van der Waals surface area contributed by atoms with Crippen molar-refractivity contribution in [1.29, 1.82) is 0 Å². The first-order valence-electron chi connectivity index (χ1n) is 10.6. The highest BCUT2D eigenvalue weighted by molar-refractivity contribution is 6.36. The third kappa shape index (κ3) is 4.57. The molecule has 188 valence electrons. The van der Waals surface area contributed by atoms with Crippen molar-refractivity contribution in [1.82, 2.24) is 10.6 Å². The van der Waals surface area contributed by atoms with E-state index >= 15 is 0 Å². The van der Waals surface area contributed by atoms with Crippen LogP contribution in [0.15, 0.2) is 36.4 Å². The Hall–Kier alpha value is -5.20. The molecule has 13 heteroatoms. The van der Waals surface area contributed by atoms with Gasteiger partial charge in [0.25, 0.3) is 0 Å². The third-order valence-corrected chi connectivity index (χ3v) is 5.68. The first-order valence-corrected chi connectivity index (χ1v) is 10.6. The van der Waals surface area contributed by atoms with Crippen LogP contribution in [0.4, 0.5) is 0 Å². The van der Waals surface area contributed by atoms with E-state index in [1.807, 2.05) is 10.6 Å². The zero-order valence-electron chi connectivity index (χ0n) is 18.6. The number of fused-ring (bicyclic) bond motifs is 2. The van der Waals surface area contributed by atoms with Crippen LogP contribution in [0.3, 0.4) is 0 Å². The fourth-order valence-corrected chi connectivity index (χ4v) is 4.01. The molecule has 2 unspecified atom stereocenters. The number of aliphatic carboxylic acids is 2. The van der Waals surface area contributed by atoms with Crippen molar-refractivity contribution in [3.8, 4) is 11.5 Å². The van der Waals surface area contributed by atoms with E-state index in [0.29, 0.717) is 0 Å². The molecule has 4 rings (SSSR count). The van der Waals surface area contributed by atoms with Gasteiger partial charge in [0.2, 0.25) is 11.8 Å². The maximum atomic E-state index is 12.7. The van der Waals surface area contributed by atoms with Crippen LogP contribution in [0.5, 0.6) is 11.5 Å². The molecule has 0 saturated heterocycles. The molecule has 0 spiro atoms. The van der Waals surface area contributed by atoms with E-state index in [0.717, 1.165) is 0 Å². The molecule has 2 aliphatic carbocycles. The van der Waals surface area contributed by atoms with Gasteiger partial charge in [-0.1, -0.05) is 0 Å². The van der Waals surface area contributed by atoms with Gasteiger partial charge in [-0.3, -0.25) is 38.4 Å². The number of hydrogen-bond acceptors (Lipinski definition) is 9. The topological polar surface area (TPSA) is 210 Å². The Balaban J connectivity index is 1.53. The highest BCUT2D eigenvalue weighted by Crippen LogP contribution is 2.34. The fourth-order valence-electron chi connectivity index (χ4n) is 4.01. The summed E-state index contributed by atoms with van der Waals surface area (Å²) in [5.41, 5.74) is -0.309. The molecule has 2 amide bonds. The molecule has 13 nitrogen and oxygen atoms in total. The van der Waals surface area contributed by atoms with Gasteiger partial charge >= 0.3 is 11.9 Å². The van der Waals surface area contributed by atoms with Crippen LogP contribution in [0.25, 0.3) is 0 Å². The average Bonchev–Trinajstić information content (AvgIpc) is 3.24. The number of amides is 2. The van der Waals surface area contributed by atoms with Crippen molar-refractivity contribution < 1.29 is 53.3 Å². The second-order valence-corrected chi connectivity index (χ2v) is 8.06. The molecular weight excluding hydrogens is 492 g/mol. The molecule has 2 aromatic rings. The molecular formula is C24H16N2O11. The minimum atomic E-state index is -1.72. The maximum Gasteiger partial charge on any atom is 0.322 e. The molecule has 2 aliphatic rings. The zero-order chi connectivity index (χ0) is 27.0. The Kier molecular flexibility index (Phi) is 6.36. The van der Waals surface area contributed by atoms with E-state index in [9.17, 15) is 38.4 Å². The van der Waals surface area contributed by atoms with Gasteiger partial charge < -0.3 is 25.6 Å². The number of rotatable bonds is 8. The average molecular weight is 508 g/mol. The summed E-state index contributed by atoms with van der Waals surface area (Å²) >= 11 is 0. The highest BCUT2D eigenvalue weighted by atomic mass is 16.5. The minimum absolute atomic E-state index is 0.0437. The van der Waals surface area contributed by atoms with Gasteiger partial charge in [-0.2, -0.15) is 0 Å². The summed E-state index contributed by atoms with van der Waals surface area (Å²) in [4.78, 5) is 96.0. The predicted molar refractivity (Wildman–Crippen MR) is 119 cm³/mol. The van der Waals surface area contributed by atoms with Gasteiger partial charge in [-0.15, -0.1) is 0 Å². The Morgan fingerprint density at radius 3 is 1.32 bits per heavy atom. The standard InChI is InChI=1S/C24H16N2O11/c27-15(28)7-25-23(35)17-19(31)11-3-1-9(5-13(11)21(17)33)37-10-2-4-12-14(6-10)22(34)18(20(12)32)24(36)26-8-16(29)30/h1-6,17-18H,7-8H2,(H,25,35)(H,26,36)(H,27,28)(H,29,30). The molecule has 4 N–H and O–H groups in total. The summed E-state index contributed by atoms with van der Waals surface area (Å²) in [7, 11) is 0. The number of benzene rings is 2. The van der Waals surface area contributed by atoms with Gasteiger partial charge in [-0.25, -0.2) is 0 Å². The van der Waals surface area contributed by atoms with E-state index < -0.39 is 71.8 Å². The molecule has 0 heterocycles. The molecule has 0 aromatic heterocycles. The lowest BCUT2D eigenvalue weighted by atomic mass is 10.0. The van der Waals surface area contributed by atoms with E-state index in [1.165, 1.54) is 36.4 Å². The van der Waals surface area contributed by atoms with Crippen molar-refractivity contribution in [3.63, 3.8) is 0 Å². The normalized spacial score (nSPS) is 17.7. The molecule has 0 aliphatic heterocycles. The Morgan fingerprint density at radius 2 is 0.973 bits per heavy atom. The second-order valence-electron chi connectivity index (χ2n) is 8.06. The lowest BCUT2D eigenvalue weighted by Crippen LogP contribution is -2.39. The van der Waals surface area contributed by atoms with Crippen molar-refractivity contribution in [3.05, 3.63) is 58.7 Å². The molecule has 0 bridgehead atoms. The second kappa shape index (κ2) is 9.45. The molecule has 0 saturated carbocycles. The van der Waals surface area contributed by atoms with Crippen LogP contribution in [0.2, 0.25) is 0 Å². The molecule has 2 atom stereocenters. The monoisotopic (exact) mass is 508 g/mol. The summed E-state index contributed by atoms with van der Waals surface area (Å²) in [6, 6.07) is 7.62. The van der Waals surface area contributed by atoms with E-state index in [-0.39, 0.29) is 33.8 Å². The van der Waals surface area contributed by atoms with Crippen molar-refractivity contribution >= 4 is 46.9 Å². The first-order chi connectivity index (χ1) is 17.5. The summed E-state index contributed by atoms with van der Waals surface area (Å²) in [6.07, 6.45) is 0. The zero-order valence-corrected chi connectivity index (χ0v) is 18.6. The number of carboxylic acids is 2. The van der Waals surface area contributed by atoms with Crippen molar-refractivity contribution in [2.45, 2.75) is 0 Å². The van der Waals surface area contributed by atoms with Gasteiger partial charge in [-0.05, 0) is 36.4 Å². The number of carbonyl (C=O) groups is 8. The minimum Gasteiger partial charge on any atom is -0.480 e. The Morgan fingerprint density at radius 1 is 0.622 bits per heavy atom. The quantitative estimate of drug-likeness (QED) is 0.345. The number of ketones is 4. The molecule has 37 heavy (non-hydrogen) atoms. The summed E-state index contributed by atoms with van der Waals surface area (Å²) in [5, 5.41) is 21.4. The van der Waals surface area contributed by atoms with E-state index in [4.69, 9.17) is 14.9 Å². The lowest BCUT2D eigenvalue weighted by molar-refractivity contribution is -0.138. The predicted octanol–water partition coefficient (Wildman–Crippen LogP) is -0.129. The van der Waals surface area contributed by atoms with Gasteiger partial charge in [0.05, 0.1) is 0 Å². The number of hydrogen-bond donors (Lipinski definition) is 4. The number of carbonyl (C=O) groups excluding carboxylic acids is 6. The largest absolute Gasteiger partial charge is 0.480 e. The Labute approximate surface area is 206 Å². The van der Waals surface area contributed by atoms with Gasteiger partial charge in [0, 0.05) is 22.3 Å². The van der Waals surface area contributed by atoms with Crippen LogP contribution in [0.1, 0.15) is 41.4 Å². The van der Waals surface area contributed by atoms with Crippen molar-refractivity contribution in [2.75, 3.05) is 13.1 Å². The van der Waals surface area contributed by atoms with Crippen LogP contribution in [-0.2, 0) is 19.2 Å². The molecule has 2 aromatic carbocycles. The summed E-state index contributed by atoms with van der Waals surface area (Å²) in [5.74, 6) is -11.4. The smallest absolute Gasteiger partial charge is 0.322 e. The number of nitrogens with one attached hydrogen (secondary N) is 2. The fraction of sp³-hybridized carbons (Fsp3) is 0.167. The summed E-state index contributed by atoms with van der Waals surface area (Å²) < 4.78 is 5.66. The number of Topliss-reactive ketones (excluding diaryl/α,β-unsaturated/α-hetero) is 4. The van der Waals surface area contributed by atoms with Gasteiger partial charge in [0.1, 0.15) is 24.6 Å². The first kappa shape index (κ1) is 24.9. The van der Waals surface area contributed by atoms with Gasteiger partial charge in [0.15, 0.2) is 35.0 Å². The third-order valence-electron chi connectivity index (χ3n) is 5.68. The van der Waals surface area contributed by atoms with Crippen LogP contribution in [-0.4, -0.2) is 70.2 Å². The number of ether oxygens (including phenoxy) is 1. The maximum absolute atomic E-state index is 12.7. The van der Waals surface area contributed by atoms with Crippen LogP contribution < -0.4 is 15.4 Å². The van der Waals surface area contributed by atoms with Crippen LogP contribution in [0, 0.1) is 11.8 Å². The van der Waals surface area contributed by atoms with Crippen molar-refractivity contribution in [2.24, 2.45) is 11.8 Å². The van der Waals surface area contributed by atoms with E-state index in [2.05, 4.69) is 0 Å².